The van der Waals surface area contributed by atoms with Crippen LogP contribution in [0.4, 0.5) is 0 Å². The lowest BCUT2D eigenvalue weighted by Gasteiger charge is -2.20. The monoisotopic (exact) mass is 263 g/mol. The molecule has 1 aliphatic heterocycles. The highest BCUT2D eigenvalue weighted by Crippen LogP contribution is 2.13. The fraction of sp³-hybridized carbons (Fsp3) is 0.533. The van der Waals surface area contributed by atoms with Crippen LogP contribution >= 0.6 is 0 Å². The van der Waals surface area contributed by atoms with E-state index in [1.807, 2.05) is 37.4 Å². The van der Waals surface area contributed by atoms with E-state index in [0.29, 0.717) is 19.6 Å². The van der Waals surface area contributed by atoms with Gasteiger partial charge in [0.25, 0.3) is 0 Å². The van der Waals surface area contributed by atoms with E-state index in [2.05, 4.69) is 0 Å². The van der Waals surface area contributed by atoms with E-state index in [1.165, 1.54) is 0 Å². The predicted molar refractivity (Wildman–Crippen MR) is 73.2 cm³/mol. The summed E-state index contributed by atoms with van der Waals surface area (Å²) in [5.74, 6) is 0.906. The molecule has 0 bridgehead atoms. The Morgan fingerprint density at radius 2 is 2.21 bits per heavy atom. The summed E-state index contributed by atoms with van der Waals surface area (Å²) in [6.45, 7) is 1.92. The molecule has 0 spiro atoms. The lowest BCUT2D eigenvalue weighted by molar-refractivity contribution is -0.131. The number of hydrogen-bond acceptors (Lipinski definition) is 3. The van der Waals surface area contributed by atoms with Crippen molar-refractivity contribution in [3.63, 3.8) is 0 Å². The lowest BCUT2D eigenvalue weighted by atomic mass is 10.2. The van der Waals surface area contributed by atoms with Crippen molar-refractivity contribution in [1.82, 2.24) is 4.90 Å². The Bertz CT molecular complexity index is 388. The second-order valence-corrected chi connectivity index (χ2v) is 4.82. The van der Waals surface area contributed by atoms with Crippen LogP contribution in [0.25, 0.3) is 0 Å². The molecular formula is C15H21NO3. The summed E-state index contributed by atoms with van der Waals surface area (Å²) in [4.78, 5) is 13.7. The first-order valence-corrected chi connectivity index (χ1v) is 6.79. The number of carbonyl (C=O) groups is 1. The largest absolute Gasteiger partial charge is 0.493 e. The van der Waals surface area contributed by atoms with Crippen molar-refractivity contribution in [2.75, 3.05) is 26.8 Å². The van der Waals surface area contributed by atoms with Gasteiger partial charge in [0, 0.05) is 20.2 Å². The Balaban J connectivity index is 1.66. The second-order valence-electron chi connectivity index (χ2n) is 4.82. The number of ether oxygens (including phenoxy) is 2. The molecule has 1 amide bonds. The van der Waals surface area contributed by atoms with E-state index in [9.17, 15) is 4.79 Å². The first-order valence-electron chi connectivity index (χ1n) is 6.79. The molecule has 1 aromatic rings. The van der Waals surface area contributed by atoms with Gasteiger partial charge in [-0.15, -0.1) is 0 Å². The first kappa shape index (κ1) is 13.9. The molecule has 1 saturated heterocycles. The summed E-state index contributed by atoms with van der Waals surface area (Å²) < 4.78 is 11.0. The van der Waals surface area contributed by atoms with Gasteiger partial charge in [-0.25, -0.2) is 0 Å². The molecule has 1 aliphatic rings. The standard InChI is InChI=1S/C15H21NO3/c1-16(12-14-8-5-10-18-14)15(17)9-11-19-13-6-3-2-4-7-13/h2-4,6-7,14H,5,8-12H2,1H3. The Labute approximate surface area is 114 Å². The summed E-state index contributed by atoms with van der Waals surface area (Å²) in [6.07, 6.45) is 2.77. The maximum Gasteiger partial charge on any atom is 0.225 e. The highest BCUT2D eigenvalue weighted by atomic mass is 16.5. The molecule has 1 fully saturated rings. The first-order chi connectivity index (χ1) is 9.25. The summed E-state index contributed by atoms with van der Waals surface area (Å²) in [5, 5.41) is 0. The van der Waals surface area contributed by atoms with Crippen molar-refractivity contribution >= 4 is 5.91 Å². The molecular weight excluding hydrogens is 242 g/mol. The van der Waals surface area contributed by atoms with Crippen LogP contribution in [0.1, 0.15) is 19.3 Å². The van der Waals surface area contributed by atoms with Crippen LogP contribution in [0.15, 0.2) is 30.3 Å². The zero-order chi connectivity index (χ0) is 13.5. The summed E-state index contributed by atoms with van der Waals surface area (Å²) in [5.41, 5.74) is 0. The molecule has 4 nitrogen and oxygen atoms in total. The Kier molecular flexibility index (Phi) is 5.21. The SMILES string of the molecule is CN(CC1CCCO1)C(=O)CCOc1ccccc1. The van der Waals surface area contributed by atoms with Crippen LogP contribution in [0.5, 0.6) is 5.75 Å². The third-order valence-corrected chi connectivity index (χ3v) is 3.26. The number of benzene rings is 1. The van der Waals surface area contributed by atoms with E-state index in [0.717, 1.165) is 25.2 Å². The van der Waals surface area contributed by atoms with Crippen LogP contribution in [0.2, 0.25) is 0 Å². The summed E-state index contributed by atoms with van der Waals surface area (Å²) >= 11 is 0. The maximum absolute atomic E-state index is 11.9. The minimum atomic E-state index is 0.103. The second kappa shape index (κ2) is 7.14. The van der Waals surface area contributed by atoms with Gasteiger partial charge in [-0.05, 0) is 25.0 Å². The van der Waals surface area contributed by atoms with E-state index in [-0.39, 0.29) is 12.0 Å². The van der Waals surface area contributed by atoms with Gasteiger partial charge in [0.15, 0.2) is 0 Å². The molecule has 1 aromatic carbocycles. The van der Waals surface area contributed by atoms with Gasteiger partial charge in [0.1, 0.15) is 5.75 Å². The van der Waals surface area contributed by atoms with Crippen LogP contribution < -0.4 is 4.74 Å². The topological polar surface area (TPSA) is 38.8 Å². The Morgan fingerprint density at radius 3 is 2.89 bits per heavy atom. The molecule has 0 aromatic heterocycles. The van der Waals surface area contributed by atoms with Gasteiger partial charge in [-0.2, -0.15) is 0 Å². The molecule has 19 heavy (non-hydrogen) atoms. The molecule has 1 heterocycles. The summed E-state index contributed by atoms with van der Waals surface area (Å²) in [6, 6.07) is 9.55. The fourth-order valence-corrected chi connectivity index (χ4v) is 2.16. The zero-order valence-corrected chi connectivity index (χ0v) is 11.4. The highest BCUT2D eigenvalue weighted by Gasteiger charge is 2.19. The molecule has 0 saturated carbocycles. The molecule has 1 atom stereocenters. The lowest BCUT2D eigenvalue weighted by Crippen LogP contribution is -2.34. The van der Waals surface area contributed by atoms with Crippen molar-refractivity contribution in [3.05, 3.63) is 30.3 Å². The average molecular weight is 263 g/mol. The van der Waals surface area contributed by atoms with Crippen molar-refractivity contribution in [3.8, 4) is 5.75 Å². The quantitative estimate of drug-likeness (QED) is 0.789. The van der Waals surface area contributed by atoms with Crippen molar-refractivity contribution < 1.29 is 14.3 Å². The maximum atomic E-state index is 11.9. The molecule has 0 aliphatic carbocycles. The number of hydrogen-bond donors (Lipinski definition) is 0. The summed E-state index contributed by atoms with van der Waals surface area (Å²) in [7, 11) is 1.83. The number of likely N-dealkylation sites (N-methyl/N-ethyl adjacent to an activating group) is 1. The van der Waals surface area contributed by atoms with Crippen LogP contribution in [-0.2, 0) is 9.53 Å². The number of nitrogens with zero attached hydrogens (tertiary/aromatic N) is 1. The number of para-hydroxylation sites is 1. The molecule has 0 N–H and O–H groups in total. The smallest absolute Gasteiger partial charge is 0.225 e. The van der Waals surface area contributed by atoms with Gasteiger partial charge >= 0.3 is 0 Å². The van der Waals surface area contributed by atoms with Crippen LogP contribution in [0.3, 0.4) is 0 Å². The van der Waals surface area contributed by atoms with Crippen molar-refractivity contribution in [1.29, 1.82) is 0 Å². The van der Waals surface area contributed by atoms with E-state index in [1.54, 1.807) is 4.90 Å². The van der Waals surface area contributed by atoms with Crippen molar-refractivity contribution in [2.24, 2.45) is 0 Å². The van der Waals surface area contributed by atoms with E-state index in [4.69, 9.17) is 9.47 Å². The Hall–Kier alpha value is -1.55. The van der Waals surface area contributed by atoms with E-state index >= 15 is 0 Å². The molecule has 1 unspecified atom stereocenters. The van der Waals surface area contributed by atoms with Crippen LogP contribution in [-0.4, -0.2) is 43.7 Å². The minimum Gasteiger partial charge on any atom is -0.493 e. The third-order valence-electron chi connectivity index (χ3n) is 3.26. The zero-order valence-electron chi connectivity index (χ0n) is 11.4. The highest BCUT2D eigenvalue weighted by molar-refractivity contribution is 5.76. The molecule has 104 valence electrons. The van der Waals surface area contributed by atoms with E-state index < -0.39 is 0 Å². The minimum absolute atomic E-state index is 0.103. The van der Waals surface area contributed by atoms with Gasteiger partial charge in [-0.3, -0.25) is 4.79 Å². The van der Waals surface area contributed by atoms with Crippen LogP contribution in [0, 0.1) is 0 Å². The molecule has 4 heteroatoms. The van der Waals surface area contributed by atoms with Crippen molar-refractivity contribution in [2.45, 2.75) is 25.4 Å². The average Bonchev–Trinajstić information content (AvgIpc) is 2.92. The van der Waals surface area contributed by atoms with Gasteiger partial charge < -0.3 is 14.4 Å². The van der Waals surface area contributed by atoms with Gasteiger partial charge in [-0.1, -0.05) is 18.2 Å². The van der Waals surface area contributed by atoms with Gasteiger partial charge in [0.2, 0.25) is 5.91 Å². The number of amides is 1. The molecule has 2 rings (SSSR count). The third kappa shape index (κ3) is 4.56. The normalized spacial score (nSPS) is 18.3. The number of carbonyl (C=O) groups excluding carboxylic acids is 1. The van der Waals surface area contributed by atoms with Gasteiger partial charge in [0.05, 0.1) is 19.1 Å². The Morgan fingerprint density at radius 1 is 1.42 bits per heavy atom. The fourth-order valence-electron chi connectivity index (χ4n) is 2.16. The predicted octanol–water partition coefficient (Wildman–Crippen LogP) is 2.09. The molecule has 0 radical (unpaired) electrons. The number of rotatable bonds is 6.